The Labute approximate surface area is 109 Å². The summed E-state index contributed by atoms with van der Waals surface area (Å²) in [5, 5.41) is 2.09. The Kier molecular flexibility index (Phi) is 3.86. The van der Waals surface area contributed by atoms with Crippen LogP contribution < -0.4 is 11.2 Å². The summed E-state index contributed by atoms with van der Waals surface area (Å²) in [5.74, 6) is -0.341. The van der Waals surface area contributed by atoms with E-state index in [0.29, 0.717) is 10.2 Å². The average molecular weight is 303 g/mol. The van der Waals surface area contributed by atoms with Crippen molar-refractivity contribution in [2.24, 2.45) is 0 Å². The van der Waals surface area contributed by atoms with Crippen molar-refractivity contribution in [1.29, 1.82) is 0 Å². The van der Waals surface area contributed by atoms with Gasteiger partial charge in [-0.25, -0.2) is 9.40 Å². The van der Waals surface area contributed by atoms with E-state index >= 15 is 0 Å². The highest BCUT2D eigenvalue weighted by Crippen LogP contribution is 2.27. The van der Waals surface area contributed by atoms with E-state index in [2.05, 4.69) is 38.3 Å². The minimum atomic E-state index is -0.341. The zero-order chi connectivity index (χ0) is 12.4. The predicted molar refractivity (Wildman–Crippen MR) is 71.2 cm³/mol. The van der Waals surface area contributed by atoms with Gasteiger partial charge in [0, 0.05) is 32.2 Å². The Morgan fingerprint density at radius 1 is 1.29 bits per heavy atom. The van der Waals surface area contributed by atoms with Crippen LogP contribution >= 0.6 is 15.9 Å². The number of nitrogens with two attached hydrogens (primary N) is 1. The van der Waals surface area contributed by atoms with Gasteiger partial charge in [-0.1, -0.05) is 0 Å². The number of benzene rings is 1. The first-order valence-corrected chi connectivity index (χ1v) is 6.30. The van der Waals surface area contributed by atoms with Crippen molar-refractivity contribution < 1.29 is 4.39 Å². The monoisotopic (exact) mass is 302 g/mol. The van der Waals surface area contributed by atoms with Crippen molar-refractivity contribution in [3.8, 4) is 0 Å². The third kappa shape index (κ3) is 3.08. The number of nitrogens with zero attached hydrogens (tertiary/aromatic N) is 2. The van der Waals surface area contributed by atoms with Crippen LogP contribution in [0.1, 0.15) is 0 Å². The van der Waals surface area contributed by atoms with Gasteiger partial charge < -0.3 is 16.1 Å². The Morgan fingerprint density at radius 3 is 2.59 bits per heavy atom. The maximum atomic E-state index is 13.2. The SMILES string of the molecule is CN1CCN(Nc2cc(Br)c(F)cc2N)CC1. The molecule has 0 amide bonds. The lowest BCUT2D eigenvalue weighted by molar-refractivity contribution is 0.179. The Hall–Kier alpha value is -0.850. The molecular weight excluding hydrogens is 287 g/mol. The molecule has 0 unspecified atom stereocenters. The van der Waals surface area contributed by atoms with Crippen molar-refractivity contribution in [3.05, 3.63) is 22.4 Å². The maximum Gasteiger partial charge on any atom is 0.139 e. The molecule has 94 valence electrons. The highest BCUT2D eigenvalue weighted by Gasteiger charge is 2.15. The van der Waals surface area contributed by atoms with Crippen LogP contribution in [-0.2, 0) is 0 Å². The van der Waals surface area contributed by atoms with Gasteiger partial charge in [-0.15, -0.1) is 0 Å². The molecule has 17 heavy (non-hydrogen) atoms. The van der Waals surface area contributed by atoms with Crippen LogP contribution in [0.2, 0.25) is 0 Å². The van der Waals surface area contributed by atoms with E-state index in [-0.39, 0.29) is 5.82 Å². The summed E-state index contributed by atoms with van der Waals surface area (Å²) in [4.78, 5) is 2.27. The maximum absolute atomic E-state index is 13.2. The number of nitrogen functional groups attached to an aromatic ring is 1. The Morgan fingerprint density at radius 2 is 1.94 bits per heavy atom. The molecule has 4 nitrogen and oxygen atoms in total. The van der Waals surface area contributed by atoms with Crippen LogP contribution in [0.5, 0.6) is 0 Å². The topological polar surface area (TPSA) is 44.5 Å². The van der Waals surface area contributed by atoms with E-state index in [1.54, 1.807) is 6.07 Å². The molecule has 1 aliphatic rings. The highest BCUT2D eigenvalue weighted by atomic mass is 79.9. The number of hydrogen-bond acceptors (Lipinski definition) is 4. The van der Waals surface area contributed by atoms with Crippen LogP contribution in [0.25, 0.3) is 0 Å². The summed E-state index contributed by atoms with van der Waals surface area (Å²) in [6.07, 6.45) is 0. The van der Waals surface area contributed by atoms with Crippen molar-refractivity contribution in [1.82, 2.24) is 9.91 Å². The molecule has 0 bridgehead atoms. The number of piperazine rings is 1. The summed E-state index contributed by atoms with van der Waals surface area (Å²) in [6, 6.07) is 2.99. The molecule has 1 heterocycles. The van der Waals surface area contributed by atoms with Crippen molar-refractivity contribution in [3.63, 3.8) is 0 Å². The average Bonchev–Trinajstić information content (AvgIpc) is 2.29. The van der Waals surface area contributed by atoms with Gasteiger partial charge in [0.2, 0.25) is 0 Å². The van der Waals surface area contributed by atoms with Crippen LogP contribution in [0.4, 0.5) is 15.8 Å². The summed E-state index contributed by atoms with van der Waals surface area (Å²) in [7, 11) is 2.10. The second-order valence-corrected chi connectivity index (χ2v) is 5.11. The lowest BCUT2D eigenvalue weighted by atomic mass is 10.2. The van der Waals surface area contributed by atoms with Crippen LogP contribution in [0, 0.1) is 5.82 Å². The molecule has 0 aromatic heterocycles. The number of hydrogen-bond donors (Lipinski definition) is 2. The number of rotatable bonds is 2. The molecule has 1 aromatic rings. The summed E-state index contributed by atoms with van der Waals surface area (Å²) >= 11 is 3.16. The smallest absolute Gasteiger partial charge is 0.139 e. The van der Waals surface area contributed by atoms with Crippen LogP contribution in [0.3, 0.4) is 0 Å². The molecule has 3 N–H and O–H groups in total. The zero-order valence-corrected chi connectivity index (χ0v) is 11.3. The molecule has 2 rings (SSSR count). The second-order valence-electron chi connectivity index (χ2n) is 4.26. The van der Waals surface area contributed by atoms with Crippen molar-refractivity contribution >= 4 is 27.3 Å². The fraction of sp³-hybridized carbons (Fsp3) is 0.455. The summed E-state index contributed by atoms with van der Waals surface area (Å²) in [5.41, 5.74) is 10.2. The summed E-state index contributed by atoms with van der Waals surface area (Å²) in [6.45, 7) is 3.86. The highest BCUT2D eigenvalue weighted by molar-refractivity contribution is 9.10. The molecular formula is C11H16BrFN4. The fourth-order valence-electron chi connectivity index (χ4n) is 1.75. The van der Waals surface area contributed by atoms with Crippen LogP contribution in [0.15, 0.2) is 16.6 Å². The van der Waals surface area contributed by atoms with Gasteiger partial charge >= 0.3 is 0 Å². The fourth-order valence-corrected chi connectivity index (χ4v) is 2.09. The molecule has 1 fully saturated rings. The molecule has 6 heteroatoms. The van der Waals surface area contributed by atoms with E-state index in [9.17, 15) is 4.39 Å². The molecule has 0 atom stereocenters. The quantitative estimate of drug-likeness (QED) is 0.817. The van der Waals surface area contributed by atoms with Gasteiger partial charge in [0.25, 0.3) is 0 Å². The van der Waals surface area contributed by atoms with Gasteiger partial charge in [0.1, 0.15) is 5.82 Å². The number of hydrazine groups is 1. The molecule has 1 saturated heterocycles. The molecule has 1 aromatic carbocycles. The normalized spacial score (nSPS) is 18.3. The molecule has 1 aliphatic heterocycles. The predicted octanol–water partition coefficient (Wildman–Crippen LogP) is 1.74. The lowest BCUT2D eigenvalue weighted by Gasteiger charge is -2.33. The van der Waals surface area contributed by atoms with Gasteiger partial charge in [-0.05, 0) is 29.0 Å². The molecule has 0 saturated carbocycles. The number of anilines is 2. The minimum Gasteiger partial charge on any atom is -0.397 e. The van der Waals surface area contributed by atoms with Gasteiger partial charge in [-0.2, -0.15) is 0 Å². The number of halogens is 2. The largest absolute Gasteiger partial charge is 0.397 e. The van der Waals surface area contributed by atoms with E-state index in [1.165, 1.54) is 6.07 Å². The Bertz CT molecular complexity index is 405. The second kappa shape index (κ2) is 5.20. The third-order valence-corrected chi connectivity index (χ3v) is 3.48. The van der Waals surface area contributed by atoms with E-state index in [0.717, 1.165) is 31.9 Å². The molecule has 0 radical (unpaired) electrons. The van der Waals surface area contributed by atoms with Crippen molar-refractivity contribution in [2.75, 3.05) is 44.4 Å². The minimum absolute atomic E-state index is 0.341. The van der Waals surface area contributed by atoms with Gasteiger partial charge in [0.15, 0.2) is 0 Å². The summed E-state index contributed by atoms with van der Waals surface area (Å²) < 4.78 is 13.6. The third-order valence-electron chi connectivity index (χ3n) is 2.87. The first-order valence-electron chi connectivity index (χ1n) is 5.51. The van der Waals surface area contributed by atoms with E-state index < -0.39 is 0 Å². The number of nitrogens with one attached hydrogen (secondary N) is 1. The molecule has 0 spiro atoms. The number of likely N-dealkylation sites (N-methyl/N-ethyl adjacent to an activating group) is 1. The molecule has 0 aliphatic carbocycles. The van der Waals surface area contributed by atoms with E-state index in [4.69, 9.17) is 5.73 Å². The van der Waals surface area contributed by atoms with E-state index in [1.807, 2.05) is 0 Å². The Balaban J connectivity index is 2.06. The lowest BCUT2D eigenvalue weighted by Crippen LogP contribution is -2.47. The van der Waals surface area contributed by atoms with Crippen molar-refractivity contribution in [2.45, 2.75) is 0 Å². The van der Waals surface area contributed by atoms with Crippen LogP contribution in [-0.4, -0.2) is 43.1 Å². The zero-order valence-electron chi connectivity index (χ0n) is 9.71. The van der Waals surface area contributed by atoms with Gasteiger partial charge in [-0.3, -0.25) is 0 Å². The first-order chi connectivity index (χ1) is 8.06. The van der Waals surface area contributed by atoms with Gasteiger partial charge in [0.05, 0.1) is 15.8 Å². The standard InChI is InChI=1S/C11H16BrFN4/c1-16-2-4-17(5-3-16)15-11-6-8(12)9(13)7-10(11)14/h6-7,15H,2-5,14H2,1H3. The first kappa shape index (κ1) is 12.6.